The van der Waals surface area contributed by atoms with Gasteiger partial charge in [0, 0.05) is 12.5 Å². The fraction of sp³-hybridized carbons (Fsp3) is 0.727. The van der Waals surface area contributed by atoms with Crippen molar-refractivity contribution in [1.29, 1.82) is 0 Å². The van der Waals surface area contributed by atoms with Gasteiger partial charge in [0.15, 0.2) is 0 Å². The first kappa shape index (κ1) is 11.0. The van der Waals surface area contributed by atoms with Gasteiger partial charge in [-0.2, -0.15) is 0 Å². The third-order valence-corrected chi connectivity index (χ3v) is 4.47. The van der Waals surface area contributed by atoms with Crippen molar-refractivity contribution >= 4 is 11.3 Å². The second-order valence-corrected chi connectivity index (χ2v) is 5.34. The van der Waals surface area contributed by atoms with E-state index in [0.717, 1.165) is 30.0 Å². The molecule has 1 aromatic rings. The quantitative estimate of drug-likeness (QED) is 0.857. The highest BCUT2D eigenvalue weighted by Crippen LogP contribution is 2.44. The molecule has 1 aliphatic rings. The molecule has 0 aromatic carbocycles. The fourth-order valence-electron chi connectivity index (χ4n) is 1.52. The second kappa shape index (κ2) is 3.54. The SMILES string of the molecule is CCC(C)(OC)c1nc(C2(N)CC2)cs1. The van der Waals surface area contributed by atoms with E-state index in [0.29, 0.717) is 0 Å². The molecule has 2 N–H and O–H groups in total. The zero-order chi connectivity index (χ0) is 11.1. The molecule has 0 amide bonds. The number of hydrogen-bond donors (Lipinski definition) is 1. The van der Waals surface area contributed by atoms with Gasteiger partial charge in [0.05, 0.1) is 11.2 Å². The van der Waals surface area contributed by atoms with Gasteiger partial charge >= 0.3 is 0 Å². The van der Waals surface area contributed by atoms with Crippen molar-refractivity contribution in [2.45, 2.75) is 44.2 Å². The van der Waals surface area contributed by atoms with E-state index in [9.17, 15) is 0 Å². The molecular weight excluding hydrogens is 208 g/mol. The molecule has 3 nitrogen and oxygen atoms in total. The fourth-order valence-corrected chi connectivity index (χ4v) is 2.66. The molecule has 1 unspecified atom stereocenters. The number of aromatic nitrogens is 1. The Labute approximate surface area is 94.7 Å². The van der Waals surface area contributed by atoms with Crippen molar-refractivity contribution in [3.8, 4) is 0 Å². The maximum absolute atomic E-state index is 6.11. The zero-order valence-electron chi connectivity index (χ0n) is 9.54. The van der Waals surface area contributed by atoms with Gasteiger partial charge in [-0.1, -0.05) is 6.92 Å². The summed E-state index contributed by atoms with van der Waals surface area (Å²) in [6.07, 6.45) is 3.05. The Kier molecular flexibility index (Phi) is 2.61. The molecule has 84 valence electrons. The molecule has 1 aliphatic carbocycles. The van der Waals surface area contributed by atoms with Crippen LogP contribution in [0.25, 0.3) is 0 Å². The standard InChI is InChI=1S/C11H18N2OS/c1-4-10(2,14-3)9-13-8(7-15-9)11(12)5-6-11/h7H,4-6,12H2,1-3H3. The van der Waals surface area contributed by atoms with E-state index in [1.165, 1.54) is 0 Å². The lowest BCUT2D eigenvalue weighted by molar-refractivity contribution is -0.00171. The number of ether oxygens (including phenoxy) is 1. The summed E-state index contributed by atoms with van der Waals surface area (Å²) in [5.41, 5.74) is 6.77. The Hall–Kier alpha value is -0.450. The molecule has 1 fully saturated rings. The largest absolute Gasteiger partial charge is 0.371 e. The average molecular weight is 226 g/mol. The van der Waals surface area contributed by atoms with Crippen LogP contribution in [0.5, 0.6) is 0 Å². The monoisotopic (exact) mass is 226 g/mol. The van der Waals surface area contributed by atoms with Crippen LogP contribution >= 0.6 is 11.3 Å². The van der Waals surface area contributed by atoms with Gasteiger partial charge in [-0.15, -0.1) is 11.3 Å². The first-order valence-corrected chi connectivity index (χ1v) is 6.22. The molecular formula is C11H18N2OS. The number of methoxy groups -OCH3 is 1. The summed E-state index contributed by atoms with van der Waals surface area (Å²) in [4.78, 5) is 4.63. The summed E-state index contributed by atoms with van der Waals surface area (Å²) in [6, 6.07) is 0. The predicted octanol–water partition coefficient (Wildman–Crippen LogP) is 2.36. The number of nitrogens with zero attached hydrogens (tertiary/aromatic N) is 1. The second-order valence-electron chi connectivity index (χ2n) is 4.48. The van der Waals surface area contributed by atoms with Gasteiger partial charge in [0.2, 0.25) is 0 Å². The van der Waals surface area contributed by atoms with Crippen LogP contribution in [-0.2, 0) is 15.9 Å². The molecule has 0 spiro atoms. The summed E-state index contributed by atoms with van der Waals surface area (Å²) < 4.78 is 5.53. The van der Waals surface area contributed by atoms with Crippen molar-refractivity contribution in [2.75, 3.05) is 7.11 Å². The van der Waals surface area contributed by atoms with Gasteiger partial charge in [-0.05, 0) is 26.2 Å². The van der Waals surface area contributed by atoms with Crippen molar-refractivity contribution in [1.82, 2.24) is 4.98 Å². The number of rotatable bonds is 4. The first-order chi connectivity index (χ1) is 7.04. The van der Waals surface area contributed by atoms with Crippen LogP contribution in [0.2, 0.25) is 0 Å². The maximum atomic E-state index is 6.11. The Balaban J connectivity index is 2.26. The predicted molar refractivity (Wildman–Crippen MR) is 61.9 cm³/mol. The van der Waals surface area contributed by atoms with Crippen molar-refractivity contribution in [2.24, 2.45) is 5.73 Å². The maximum Gasteiger partial charge on any atom is 0.125 e. The molecule has 1 aromatic heterocycles. The van der Waals surface area contributed by atoms with Gasteiger partial charge in [-0.3, -0.25) is 0 Å². The van der Waals surface area contributed by atoms with E-state index in [4.69, 9.17) is 10.5 Å². The smallest absolute Gasteiger partial charge is 0.125 e. The Bertz CT molecular complexity index is 353. The summed E-state index contributed by atoms with van der Waals surface area (Å²) in [5.74, 6) is 0. The lowest BCUT2D eigenvalue weighted by Crippen LogP contribution is -2.24. The third kappa shape index (κ3) is 1.82. The third-order valence-electron chi connectivity index (χ3n) is 3.38. The van der Waals surface area contributed by atoms with E-state index in [-0.39, 0.29) is 11.1 Å². The van der Waals surface area contributed by atoms with Crippen LogP contribution in [-0.4, -0.2) is 12.1 Å². The molecule has 1 saturated carbocycles. The summed E-state index contributed by atoms with van der Waals surface area (Å²) in [7, 11) is 1.74. The highest BCUT2D eigenvalue weighted by atomic mass is 32.1. The number of nitrogens with two attached hydrogens (primary N) is 1. The summed E-state index contributed by atoms with van der Waals surface area (Å²) in [6.45, 7) is 4.19. The normalized spacial score (nSPS) is 22.4. The summed E-state index contributed by atoms with van der Waals surface area (Å²) in [5, 5.41) is 3.12. The van der Waals surface area contributed by atoms with Crippen LogP contribution in [0.4, 0.5) is 0 Å². The Morgan fingerprint density at radius 1 is 1.67 bits per heavy atom. The first-order valence-electron chi connectivity index (χ1n) is 5.34. The minimum Gasteiger partial charge on any atom is -0.371 e. The zero-order valence-corrected chi connectivity index (χ0v) is 10.4. The molecule has 0 bridgehead atoms. The number of thiazole rings is 1. The van der Waals surface area contributed by atoms with E-state index in [1.54, 1.807) is 18.4 Å². The highest BCUT2D eigenvalue weighted by Gasteiger charge is 2.43. The van der Waals surface area contributed by atoms with Crippen LogP contribution in [0, 0.1) is 0 Å². The average Bonchev–Trinajstić information content (AvgIpc) is 2.83. The molecule has 0 radical (unpaired) electrons. The molecule has 0 saturated heterocycles. The highest BCUT2D eigenvalue weighted by molar-refractivity contribution is 7.09. The van der Waals surface area contributed by atoms with Crippen molar-refractivity contribution in [3.05, 3.63) is 16.1 Å². The van der Waals surface area contributed by atoms with E-state index in [1.807, 2.05) is 0 Å². The van der Waals surface area contributed by atoms with Crippen LogP contribution < -0.4 is 5.73 Å². The van der Waals surface area contributed by atoms with E-state index in [2.05, 4.69) is 24.2 Å². The molecule has 15 heavy (non-hydrogen) atoms. The van der Waals surface area contributed by atoms with Crippen molar-refractivity contribution < 1.29 is 4.74 Å². The van der Waals surface area contributed by atoms with Crippen molar-refractivity contribution in [3.63, 3.8) is 0 Å². The van der Waals surface area contributed by atoms with Crippen LogP contribution in [0.3, 0.4) is 0 Å². The van der Waals surface area contributed by atoms with E-state index < -0.39 is 0 Å². The minimum absolute atomic E-state index is 0.128. The van der Waals surface area contributed by atoms with Gasteiger partial charge in [0.1, 0.15) is 10.6 Å². The summed E-state index contributed by atoms with van der Waals surface area (Å²) >= 11 is 1.66. The van der Waals surface area contributed by atoms with Crippen LogP contribution in [0.1, 0.15) is 43.8 Å². The van der Waals surface area contributed by atoms with Gasteiger partial charge in [-0.25, -0.2) is 4.98 Å². The Morgan fingerprint density at radius 2 is 2.33 bits per heavy atom. The molecule has 2 rings (SSSR count). The topological polar surface area (TPSA) is 48.1 Å². The molecule has 1 atom stereocenters. The lowest BCUT2D eigenvalue weighted by atomic mass is 10.0. The van der Waals surface area contributed by atoms with Crippen LogP contribution in [0.15, 0.2) is 5.38 Å². The number of hydrogen-bond acceptors (Lipinski definition) is 4. The van der Waals surface area contributed by atoms with E-state index >= 15 is 0 Å². The lowest BCUT2D eigenvalue weighted by Gasteiger charge is -2.23. The molecule has 1 heterocycles. The van der Waals surface area contributed by atoms with Gasteiger partial charge in [0.25, 0.3) is 0 Å². The minimum atomic E-state index is -0.256. The Morgan fingerprint density at radius 3 is 2.80 bits per heavy atom. The molecule has 0 aliphatic heterocycles. The van der Waals surface area contributed by atoms with Gasteiger partial charge < -0.3 is 10.5 Å². The molecule has 4 heteroatoms.